The molecule has 3 N–H and O–H groups in total. The minimum atomic E-state index is 0.00346. The van der Waals surface area contributed by atoms with E-state index in [9.17, 15) is 9.90 Å². The van der Waals surface area contributed by atoms with Crippen molar-refractivity contribution >= 4 is 17.3 Å². The first-order valence-corrected chi connectivity index (χ1v) is 11.3. The molecule has 1 fully saturated rings. The number of rotatable bonds is 8. The third-order valence-electron chi connectivity index (χ3n) is 6.28. The molecular formula is C23H32N6O2. The Labute approximate surface area is 182 Å². The van der Waals surface area contributed by atoms with E-state index in [1.807, 2.05) is 36.0 Å². The maximum Gasteiger partial charge on any atom is 0.250 e. The summed E-state index contributed by atoms with van der Waals surface area (Å²) >= 11 is 0. The summed E-state index contributed by atoms with van der Waals surface area (Å²) in [7, 11) is 0. The first-order valence-electron chi connectivity index (χ1n) is 11.3. The van der Waals surface area contributed by atoms with Crippen LogP contribution in [0.4, 0.5) is 11.6 Å². The van der Waals surface area contributed by atoms with Crippen LogP contribution < -0.4 is 16.2 Å². The van der Waals surface area contributed by atoms with Crippen molar-refractivity contribution in [2.24, 2.45) is 5.92 Å². The van der Waals surface area contributed by atoms with Crippen LogP contribution in [0.5, 0.6) is 0 Å². The maximum absolute atomic E-state index is 12.1. The monoisotopic (exact) mass is 424 g/mol. The molecule has 3 aromatic rings. The Morgan fingerprint density at radius 1 is 1.23 bits per heavy atom. The number of aryl methyl sites for hydroxylation is 2. The molecule has 0 aromatic carbocycles. The Hall–Kier alpha value is -2.87. The van der Waals surface area contributed by atoms with Crippen molar-refractivity contribution in [2.75, 3.05) is 17.2 Å². The zero-order valence-electron chi connectivity index (χ0n) is 18.3. The van der Waals surface area contributed by atoms with Crippen molar-refractivity contribution in [2.45, 2.75) is 65.1 Å². The molecule has 0 unspecified atom stereocenters. The summed E-state index contributed by atoms with van der Waals surface area (Å²) in [5, 5.41) is 21.3. The van der Waals surface area contributed by atoms with Crippen LogP contribution in [0.15, 0.2) is 35.4 Å². The molecule has 4 rings (SSSR count). The SMILES string of the molecule is CCc1cnn2c(NCc3ccn(CC)c(=O)c3)cc(N[C@H]3CCCC[C@H]3CO)nc12. The van der Waals surface area contributed by atoms with E-state index in [1.54, 1.807) is 10.6 Å². The zero-order chi connectivity index (χ0) is 21.8. The summed E-state index contributed by atoms with van der Waals surface area (Å²) < 4.78 is 3.50. The van der Waals surface area contributed by atoms with E-state index in [0.717, 1.165) is 54.1 Å². The predicted octanol–water partition coefficient (Wildman–Crippen LogP) is 3.05. The lowest BCUT2D eigenvalue weighted by molar-refractivity contribution is 0.178. The van der Waals surface area contributed by atoms with Gasteiger partial charge < -0.3 is 20.3 Å². The topological polar surface area (TPSA) is 96.5 Å². The average Bonchev–Trinajstić information content (AvgIpc) is 3.21. The lowest BCUT2D eigenvalue weighted by Crippen LogP contribution is -2.34. The number of aliphatic hydroxyl groups is 1. The van der Waals surface area contributed by atoms with Gasteiger partial charge in [0.1, 0.15) is 11.6 Å². The van der Waals surface area contributed by atoms with Gasteiger partial charge in [0.25, 0.3) is 5.56 Å². The summed E-state index contributed by atoms with van der Waals surface area (Å²) in [5.41, 5.74) is 2.83. The highest BCUT2D eigenvalue weighted by molar-refractivity contribution is 5.60. The van der Waals surface area contributed by atoms with Crippen LogP contribution in [0, 0.1) is 5.92 Å². The molecule has 0 spiro atoms. The molecule has 0 bridgehead atoms. The third kappa shape index (κ3) is 4.58. The first-order chi connectivity index (χ1) is 15.1. The third-order valence-corrected chi connectivity index (χ3v) is 6.28. The van der Waals surface area contributed by atoms with E-state index < -0.39 is 0 Å². The number of anilines is 2. The largest absolute Gasteiger partial charge is 0.396 e. The Kier molecular flexibility index (Phi) is 6.56. The molecule has 3 aromatic heterocycles. The van der Waals surface area contributed by atoms with Crippen molar-refractivity contribution < 1.29 is 5.11 Å². The van der Waals surface area contributed by atoms with Crippen molar-refractivity contribution in [1.29, 1.82) is 0 Å². The van der Waals surface area contributed by atoms with Crippen LogP contribution in [0.3, 0.4) is 0 Å². The Bertz CT molecular complexity index is 1090. The number of aliphatic hydroxyl groups excluding tert-OH is 1. The molecule has 2 atom stereocenters. The Morgan fingerprint density at radius 3 is 2.81 bits per heavy atom. The fourth-order valence-corrected chi connectivity index (χ4v) is 4.38. The summed E-state index contributed by atoms with van der Waals surface area (Å²) in [4.78, 5) is 17.0. The van der Waals surface area contributed by atoms with Crippen LogP contribution >= 0.6 is 0 Å². The zero-order valence-corrected chi connectivity index (χ0v) is 18.3. The van der Waals surface area contributed by atoms with Gasteiger partial charge in [-0.2, -0.15) is 9.61 Å². The van der Waals surface area contributed by atoms with Crippen LogP contribution in [-0.2, 0) is 19.5 Å². The van der Waals surface area contributed by atoms with Gasteiger partial charge in [-0.15, -0.1) is 0 Å². The van der Waals surface area contributed by atoms with Gasteiger partial charge >= 0.3 is 0 Å². The van der Waals surface area contributed by atoms with E-state index in [4.69, 9.17) is 4.98 Å². The van der Waals surface area contributed by atoms with E-state index in [0.29, 0.717) is 13.1 Å². The molecule has 0 aliphatic heterocycles. The maximum atomic E-state index is 12.1. The molecule has 3 heterocycles. The van der Waals surface area contributed by atoms with Crippen LogP contribution in [0.2, 0.25) is 0 Å². The molecule has 0 radical (unpaired) electrons. The molecule has 31 heavy (non-hydrogen) atoms. The van der Waals surface area contributed by atoms with Gasteiger partial charge in [0.15, 0.2) is 5.65 Å². The van der Waals surface area contributed by atoms with Gasteiger partial charge in [-0.1, -0.05) is 19.8 Å². The quantitative estimate of drug-likeness (QED) is 0.514. The van der Waals surface area contributed by atoms with Crippen LogP contribution in [-0.4, -0.2) is 36.9 Å². The van der Waals surface area contributed by atoms with Crippen molar-refractivity contribution in [3.8, 4) is 0 Å². The molecule has 0 saturated heterocycles. The standard InChI is InChI=1S/C23H32N6O2/c1-3-17-14-25-29-21(24-13-16-9-10-28(4-2)22(31)11-16)12-20(27-23(17)29)26-19-8-6-5-7-18(19)15-30/h9-12,14,18-19,24,30H,3-8,13,15H2,1-2H3,(H,26,27)/t18-,19-/m0/s1. The summed E-state index contributed by atoms with van der Waals surface area (Å²) in [6, 6.07) is 5.82. The van der Waals surface area contributed by atoms with Crippen molar-refractivity contribution in [1.82, 2.24) is 19.2 Å². The van der Waals surface area contributed by atoms with Gasteiger partial charge in [-0.25, -0.2) is 4.98 Å². The van der Waals surface area contributed by atoms with Gasteiger partial charge in [0.2, 0.25) is 0 Å². The number of pyridine rings is 1. The van der Waals surface area contributed by atoms with E-state index >= 15 is 0 Å². The second-order valence-electron chi connectivity index (χ2n) is 8.28. The van der Waals surface area contributed by atoms with Gasteiger partial charge in [-0.05, 0) is 37.8 Å². The predicted molar refractivity (Wildman–Crippen MR) is 123 cm³/mol. The number of fused-ring (bicyclic) bond motifs is 1. The van der Waals surface area contributed by atoms with Crippen LogP contribution in [0.25, 0.3) is 5.65 Å². The number of nitrogens with one attached hydrogen (secondary N) is 2. The van der Waals surface area contributed by atoms with Crippen LogP contribution in [0.1, 0.15) is 50.7 Å². The highest BCUT2D eigenvalue weighted by Gasteiger charge is 2.25. The lowest BCUT2D eigenvalue weighted by Gasteiger charge is -2.31. The molecule has 166 valence electrons. The second-order valence-corrected chi connectivity index (χ2v) is 8.28. The molecule has 1 aliphatic carbocycles. The normalized spacial score (nSPS) is 18.9. The fourth-order valence-electron chi connectivity index (χ4n) is 4.38. The minimum absolute atomic E-state index is 0.00346. The number of hydrogen-bond donors (Lipinski definition) is 3. The summed E-state index contributed by atoms with van der Waals surface area (Å²) in [5.74, 6) is 1.86. The fraction of sp³-hybridized carbons (Fsp3) is 0.522. The lowest BCUT2D eigenvalue weighted by atomic mass is 9.85. The number of aromatic nitrogens is 4. The van der Waals surface area contributed by atoms with E-state index in [1.165, 1.54) is 6.42 Å². The highest BCUT2D eigenvalue weighted by atomic mass is 16.3. The molecule has 8 heteroatoms. The van der Waals surface area contributed by atoms with E-state index in [-0.39, 0.29) is 24.1 Å². The second kappa shape index (κ2) is 9.51. The molecule has 0 amide bonds. The molecule has 1 saturated carbocycles. The molecular weight excluding hydrogens is 392 g/mol. The highest BCUT2D eigenvalue weighted by Crippen LogP contribution is 2.28. The van der Waals surface area contributed by atoms with Crippen molar-refractivity contribution in [3.63, 3.8) is 0 Å². The van der Waals surface area contributed by atoms with Gasteiger partial charge in [0, 0.05) is 55.5 Å². The summed E-state index contributed by atoms with van der Waals surface area (Å²) in [6.45, 7) is 5.43. The minimum Gasteiger partial charge on any atom is -0.396 e. The first kappa shape index (κ1) is 21.4. The smallest absolute Gasteiger partial charge is 0.250 e. The molecule has 8 nitrogen and oxygen atoms in total. The van der Waals surface area contributed by atoms with Crippen molar-refractivity contribution in [3.05, 3.63) is 52.1 Å². The Morgan fingerprint density at radius 2 is 2.06 bits per heavy atom. The molecule has 1 aliphatic rings. The Balaban J connectivity index is 1.61. The van der Waals surface area contributed by atoms with Gasteiger partial charge in [-0.3, -0.25) is 4.79 Å². The van der Waals surface area contributed by atoms with Gasteiger partial charge in [0.05, 0.1) is 6.20 Å². The average molecular weight is 425 g/mol. The number of nitrogens with zero attached hydrogens (tertiary/aromatic N) is 4. The van der Waals surface area contributed by atoms with E-state index in [2.05, 4.69) is 22.7 Å². The summed E-state index contributed by atoms with van der Waals surface area (Å²) in [6.07, 6.45) is 8.94. The number of hydrogen-bond acceptors (Lipinski definition) is 6.